The maximum atomic E-state index is 11.1. The average Bonchev–Trinajstić information content (AvgIpc) is 2.32. The number of benzene rings is 1. The monoisotopic (exact) mass is 262 g/mol. The number of anilines is 2. The van der Waals surface area contributed by atoms with Gasteiger partial charge in [0, 0.05) is 30.9 Å². The van der Waals surface area contributed by atoms with E-state index in [-0.39, 0.29) is 5.91 Å². The van der Waals surface area contributed by atoms with Gasteiger partial charge >= 0.3 is 0 Å². The summed E-state index contributed by atoms with van der Waals surface area (Å²) in [5.74, 6) is -0.0398. The highest BCUT2D eigenvalue weighted by atomic mass is 16.5. The lowest BCUT2D eigenvalue weighted by Crippen LogP contribution is -2.32. The molecule has 4 heteroatoms. The molecule has 104 valence electrons. The molecule has 2 unspecified atom stereocenters. The largest absolute Gasteiger partial charge is 0.382 e. The van der Waals surface area contributed by atoms with Crippen molar-refractivity contribution in [2.45, 2.75) is 45.8 Å². The van der Waals surface area contributed by atoms with E-state index in [4.69, 9.17) is 4.74 Å². The van der Waals surface area contributed by atoms with Crippen molar-refractivity contribution in [3.05, 3.63) is 23.8 Å². The van der Waals surface area contributed by atoms with Gasteiger partial charge in [-0.15, -0.1) is 0 Å². The summed E-state index contributed by atoms with van der Waals surface area (Å²) >= 11 is 0. The molecule has 1 aromatic rings. The molecule has 2 rings (SSSR count). The maximum Gasteiger partial charge on any atom is 0.221 e. The Kier molecular flexibility index (Phi) is 4.43. The van der Waals surface area contributed by atoms with E-state index in [1.807, 2.05) is 19.1 Å². The molecule has 0 radical (unpaired) electrons. The van der Waals surface area contributed by atoms with Gasteiger partial charge in [-0.25, -0.2) is 0 Å². The number of carbonyl (C=O) groups excluding carboxylic acids is 1. The van der Waals surface area contributed by atoms with Crippen LogP contribution in [0.15, 0.2) is 18.2 Å². The first kappa shape index (κ1) is 13.9. The Labute approximate surface area is 114 Å². The second-order valence-electron chi connectivity index (χ2n) is 5.26. The van der Waals surface area contributed by atoms with Crippen molar-refractivity contribution in [1.82, 2.24) is 0 Å². The van der Waals surface area contributed by atoms with Crippen molar-refractivity contribution in [2.24, 2.45) is 0 Å². The molecule has 2 N–H and O–H groups in total. The van der Waals surface area contributed by atoms with E-state index in [0.717, 1.165) is 36.4 Å². The molecule has 1 aliphatic heterocycles. The van der Waals surface area contributed by atoms with Crippen LogP contribution in [0.2, 0.25) is 0 Å². The van der Waals surface area contributed by atoms with Crippen molar-refractivity contribution < 1.29 is 9.53 Å². The highest BCUT2D eigenvalue weighted by Gasteiger charge is 2.19. The van der Waals surface area contributed by atoms with E-state index < -0.39 is 0 Å². The number of hydrogen-bond donors (Lipinski definition) is 2. The Morgan fingerprint density at radius 1 is 1.42 bits per heavy atom. The molecule has 2 atom stereocenters. The Morgan fingerprint density at radius 2 is 2.21 bits per heavy atom. The van der Waals surface area contributed by atoms with Gasteiger partial charge in [-0.1, -0.05) is 0 Å². The van der Waals surface area contributed by atoms with Gasteiger partial charge in [0.05, 0.1) is 6.10 Å². The van der Waals surface area contributed by atoms with Crippen LogP contribution in [0.1, 0.15) is 32.3 Å². The number of aryl methyl sites for hydroxylation is 1. The molecule has 1 amide bonds. The van der Waals surface area contributed by atoms with E-state index in [2.05, 4.69) is 23.6 Å². The molecule has 0 saturated carbocycles. The minimum atomic E-state index is -0.0398. The molecule has 1 saturated heterocycles. The SMILES string of the molecule is CC(=O)Nc1ccc(NC2CCOC(C)C2)cc1C. The number of ether oxygens (including phenoxy) is 1. The van der Waals surface area contributed by atoms with Gasteiger partial charge in [-0.05, 0) is 50.5 Å². The van der Waals surface area contributed by atoms with Crippen LogP contribution in [0.3, 0.4) is 0 Å². The molecule has 1 aliphatic rings. The fourth-order valence-electron chi connectivity index (χ4n) is 2.45. The summed E-state index contributed by atoms with van der Waals surface area (Å²) in [6, 6.07) is 6.50. The number of amides is 1. The molecule has 1 aromatic carbocycles. The van der Waals surface area contributed by atoms with Crippen LogP contribution in [0.4, 0.5) is 11.4 Å². The standard InChI is InChI=1S/C15H22N2O2/c1-10-8-13(4-5-15(10)16-12(3)18)17-14-6-7-19-11(2)9-14/h4-5,8,11,14,17H,6-7,9H2,1-3H3,(H,16,18). The van der Waals surface area contributed by atoms with E-state index >= 15 is 0 Å². The summed E-state index contributed by atoms with van der Waals surface area (Å²) in [7, 11) is 0. The lowest BCUT2D eigenvalue weighted by molar-refractivity contribution is -0.114. The zero-order chi connectivity index (χ0) is 13.8. The smallest absolute Gasteiger partial charge is 0.221 e. The first-order valence-corrected chi connectivity index (χ1v) is 6.81. The number of rotatable bonds is 3. The number of hydrogen-bond acceptors (Lipinski definition) is 3. The van der Waals surface area contributed by atoms with E-state index in [0.29, 0.717) is 12.1 Å². The molecule has 19 heavy (non-hydrogen) atoms. The summed E-state index contributed by atoms with van der Waals surface area (Å²) in [4.78, 5) is 11.1. The van der Waals surface area contributed by atoms with Gasteiger partial charge in [-0.3, -0.25) is 4.79 Å². The number of carbonyl (C=O) groups is 1. The third-order valence-electron chi connectivity index (χ3n) is 3.39. The first-order chi connectivity index (χ1) is 9.04. The maximum absolute atomic E-state index is 11.1. The van der Waals surface area contributed by atoms with Gasteiger partial charge in [0.25, 0.3) is 0 Å². The first-order valence-electron chi connectivity index (χ1n) is 6.81. The molecular formula is C15H22N2O2. The molecular weight excluding hydrogens is 240 g/mol. The van der Waals surface area contributed by atoms with Crippen molar-refractivity contribution in [2.75, 3.05) is 17.2 Å². The molecule has 0 aliphatic carbocycles. The second-order valence-corrected chi connectivity index (χ2v) is 5.26. The van der Waals surface area contributed by atoms with E-state index in [1.54, 1.807) is 0 Å². The van der Waals surface area contributed by atoms with Gasteiger partial charge in [0.2, 0.25) is 5.91 Å². The topological polar surface area (TPSA) is 50.4 Å². The fourth-order valence-corrected chi connectivity index (χ4v) is 2.45. The van der Waals surface area contributed by atoms with Gasteiger partial charge in [0.1, 0.15) is 0 Å². The van der Waals surface area contributed by atoms with Crippen LogP contribution in [0, 0.1) is 6.92 Å². The van der Waals surface area contributed by atoms with Crippen molar-refractivity contribution in [1.29, 1.82) is 0 Å². The summed E-state index contributed by atoms with van der Waals surface area (Å²) in [5, 5.41) is 6.36. The van der Waals surface area contributed by atoms with Gasteiger partial charge < -0.3 is 15.4 Å². The minimum absolute atomic E-state index is 0.0398. The fraction of sp³-hybridized carbons (Fsp3) is 0.533. The molecule has 1 fully saturated rings. The van der Waals surface area contributed by atoms with Gasteiger partial charge in [0.15, 0.2) is 0 Å². The highest BCUT2D eigenvalue weighted by Crippen LogP contribution is 2.23. The third kappa shape index (κ3) is 3.96. The summed E-state index contributed by atoms with van der Waals surface area (Å²) < 4.78 is 5.54. The van der Waals surface area contributed by atoms with E-state index in [9.17, 15) is 4.79 Å². The minimum Gasteiger partial charge on any atom is -0.382 e. The van der Waals surface area contributed by atoms with E-state index in [1.165, 1.54) is 6.92 Å². The Morgan fingerprint density at radius 3 is 2.84 bits per heavy atom. The average molecular weight is 262 g/mol. The predicted octanol–water partition coefficient (Wildman–Crippen LogP) is 2.93. The lowest BCUT2D eigenvalue weighted by Gasteiger charge is -2.29. The Balaban J connectivity index is 2.01. The van der Waals surface area contributed by atoms with Crippen LogP contribution in [-0.2, 0) is 9.53 Å². The summed E-state index contributed by atoms with van der Waals surface area (Å²) in [6.45, 7) is 6.46. The normalized spacial score (nSPS) is 22.9. The molecule has 0 spiro atoms. The molecule has 0 bridgehead atoms. The molecule has 1 heterocycles. The predicted molar refractivity (Wildman–Crippen MR) is 77.5 cm³/mol. The Hall–Kier alpha value is -1.55. The second kappa shape index (κ2) is 6.06. The summed E-state index contributed by atoms with van der Waals surface area (Å²) in [6.07, 6.45) is 2.40. The molecule has 0 aromatic heterocycles. The van der Waals surface area contributed by atoms with Crippen LogP contribution >= 0.6 is 0 Å². The summed E-state index contributed by atoms with van der Waals surface area (Å²) in [5.41, 5.74) is 3.05. The lowest BCUT2D eigenvalue weighted by atomic mass is 10.0. The third-order valence-corrected chi connectivity index (χ3v) is 3.39. The van der Waals surface area contributed by atoms with Gasteiger partial charge in [-0.2, -0.15) is 0 Å². The number of nitrogens with one attached hydrogen (secondary N) is 2. The Bertz CT molecular complexity index is 459. The zero-order valence-corrected chi connectivity index (χ0v) is 11.8. The van der Waals surface area contributed by atoms with Crippen molar-refractivity contribution in [3.8, 4) is 0 Å². The van der Waals surface area contributed by atoms with Crippen LogP contribution in [0.5, 0.6) is 0 Å². The van der Waals surface area contributed by atoms with Crippen LogP contribution in [0.25, 0.3) is 0 Å². The van der Waals surface area contributed by atoms with Crippen LogP contribution < -0.4 is 10.6 Å². The van der Waals surface area contributed by atoms with Crippen molar-refractivity contribution in [3.63, 3.8) is 0 Å². The molecule has 4 nitrogen and oxygen atoms in total. The van der Waals surface area contributed by atoms with Crippen molar-refractivity contribution >= 4 is 17.3 Å². The zero-order valence-electron chi connectivity index (χ0n) is 11.8. The quantitative estimate of drug-likeness (QED) is 0.880. The van der Waals surface area contributed by atoms with Crippen LogP contribution in [-0.4, -0.2) is 24.7 Å². The highest BCUT2D eigenvalue weighted by molar-refractivity contribution is 5.89.